The molecule has 5 rings (SSSR count). The molecule has 9 unspecified atom stereocenters. The molecule has 0 radical (unpaired) electrons. The lowest BCUT2D eigenvalue weighted by Gasteiger charge is -2.65. The number of fused-ring (bicyclic) bond motifs is 6. The summed E-state index contributed by atoms with van der Waals surface area (Å²) in [6.07, 6.45) is 1.61. The topological polar surface area (TPSA) is 150 Å². The van der Waals surface area contributed by atoms with Crippen LogP contribution in [0.2, 0.25) is 0 Å². The minimum atomic E-state index is -2.24. The van der Waals surface area contributed by atoms with E-state index in [1.165, 1.54) is 32.6 Å². The summed E-state index contributed by atoms with van der Waals surface area (Å²) in [6, 6.07) is 1.71. The minimum absolute atomic E-state index is 0.145. The van der Waals surface area contributed by atoms with Crippen LogP contribution in [-0.2, 0) is 33.4 Å². The first-order valence-corrected chi connectivity index (χ1v) is 13.3. The number of ketones is 1. The predicted octanol–water partition coefficient (Wildman–Crippen LogP) is 2.67. The third kappa shape index (κ3) is 3.60. The zero-order chi connectivity index (χ0) is 28.7. The normalized spacial score (nSPS) is 42.4. The van der Waals surface area contributed by atoms with Crippen LogP contribution in [0.25, 0.3) is 0 Å². The van der Waals surface area contributed by atoms with Crippen LogP contribution in [0.1, 0.15) is 65.5 Å². The number of cyclic esters (lactones) is 1. The summed E-state index contributed by atoms with van der Waals surface area (Å²) < 4.78 is 21.6. The van der Waals surface area contributed by atoms with Crippen molar-refractivity contribution in [2.75, 3.05) is 7.11 Å². The largest absolute Gasteiger partial charge is 0.472 e. The van der Waals surface area contributed by atoms with Crippen LogP contribution in [0.5, 0.6) is 0 Å². The minimum Gasteiger partial charge on any atom is -0.472 e. The summed E-state index contributed by atoms with van der Waals surface area (Å²) in [5.41, 5.74) is -4.18. The Bertz CT molecular complexity index is 1250. The van der Waals surface area contributed by atoms with Gasteiger partial charge in [0.1, 0.15) is 12.2 Å². The second-order valence-corrected chi connectivity index (χ2v) is 12.6. The number of aliphatic hydroxyl groups is 2. The quantitative estimate of drug-likeness (QED) is 0.329. The van der Waals surface area contributed by atoms with Crippen molar-refractivity contribution in [3.05, 3.63) is 35.8 Å². The molecule has 2 saturated carbocycles. The van der Waals surface area contributed by atoms with E-state index in [-0.39, 0.29) is 6.42 Å². The van der Waals surface area contributed by atoms with Crippen LogP contribution in [0.4, 0.5) is 0 Å². The Hall–Kier alpha value is -2.98. The number of aliphatic hydroxyl groups excluding tert-OH is 1. The molecule has 0 spiro atoms. The Labute approximate surface area is 226 Å². The number of hydrogen-bond donors (Lipinski definition) is 2. The van der Waals surface area contributed by atoms with Crippen LogP contribution >= 0.6 is 0 Å². The van der Waals surface area contributed by atoms with Gasteiger partial charge in [-0.3, -0.25) is 14.4 Å². The molecule has 39 heavy (non-hydrogen) atoms. The van der Waals surface area contributed by atoms with Crippen molar-refractivity contribution in [2.45, 2.75) is 77.8 Å². The second kappa shape index (κ2) is 8.76. The molecule has 2 heterocycles. The molecule has 10 nitrogen and oxygen atoms in total. The number of Topliss-reactive ketones (excluding diaryl/α,β-unsaturated/α-hetero) is 1. The van der Waals surface area contributed by atoms with Gasteiger partial charge in [0, 0.05) is 41.1 Å². The third-order valence-electron chi connectivity index (χ3n) is 10.2. The fourth-order valence-electron chi connectivity index (χ4n) is 8.54. The average Bonchev–Trinajstić information content (AvgIpc) is 3.40. The molecule has 1 aromatic rings. The highest BCUT2D eigenvalue weighted by Crippen LogP contribution is 2.68. The van der Waals surface area contributed by atoms with Crippen molar-refractivity contribution in [1.82, 2.24) is 0 Å². The number of carbonyl (C=O) groups is 4. The van der Waals surface area contributed by atoms with Gasteiger partial charge in [0.05, 0.1) is 19.6 Å². The van der Waals surface area contributed by atoms with E-state index in [4.69, 9.17) is 18.6 Å². The van der Waals surface area contributed by atoms with Gasteiger partial charge in [0.25, 0.3) is 0 Å². The zero-order valence-corrected chi connectivity index (χ0v) is 23.1. The maximum atomic E-state index is 14.3. The van der Waals surface area contributed by atoms with Crippen molar-refractivity contribution in [2.24, 2.45) is 34.0 Å². The van der Waals surface area contributed by atoms with Gasteiger partial charge < -0.3 is 28.8 Å². The van der Waals surface area contributed by atoms with Gasteiger partial charge in [-0.1, -0.05) is 33.3 Å². The Morgan fingerprint density at radius 3 is 2.46 bits per heavy atom. The van der Waals surface area contributed by atoms with Gasteiger partial charge in [0.2, 0.25) is 0 Å². The van der Waals surface area contributed by atoms with Crippen LogP contribution in [0, 0.1) is 34.0 Å². The molecule has 212 valence electrons. The van der Waals surface area contributed by atoms with Crippen molar-refractivity contribution in [3.63, 3.8) is 0 Å². The molecule has 4 aliphatic rings. The average molecular weight is 545 g/mol. The molecule has 2 bridgehead atoms. The van der Waals surface area contributed by atoms with Crippen LogP contribution < -0.4 is 0 Å². The number of rotatable bonds is 4. The molecule has 0 amide bonds. The highest BCUT2D eigenvalue weighted by atomic mass is 16.6. The van der Waals surface area contributed by atoms with Crippen molar-refractivity contribution >= 4 is 23.7 Å². The zero-order valence-electron chi connectivity index (χ0n) is 23.1. The summed E-state index contributed by atoms with van der Waals surface area (Å²) in [4.78, 5) is 52.2. The number of carbonyl (C=O) groups excluding carboxylic acids is 4. The van der Waals surface area contributed by atoms with Gasteiger partial charge in [-0.2, -0.15) is 0 Å². The van der Waals surface area contributed by atoms with E-state index in [0.717, 1.165) is 0 Å². The van der Waals surface area contributed by atoms with E-state index in [0.29, 0.717) is 24.0 Å². The van der Waals surface area contributed by atoms with Crippen molar-refractivity contribution < 1.29 is 48.0 Å². The van der Waals surface area contributed by atoms with Crippen molar-refractivity contribution in [1.29, 1.82) is 0 Å². The van der Waals surface area contributed by atoms with E-state index in [1.807, 2.05) is 6.92 Å². The third-order valence-corrected chi connectivity index (χ3v) is 10.2. The Balaban J connectivity index is 1.74. The van der Waals surface area contributed by atoms with Gasteiger partial charge in [-0.25, -0.2) is 4.79 Å². The van der Waals surface area contributed by atoms with Gasteiger partial charge in [0.15, 0.2) is 17.5 Å². The number of esters is 3. The summed E-state index contributed by atoms with van der Waals surface area (Å²) >= 11 is 0. The molecule has 0 aromatic carbocycles. The highest BCUT2D eigenvalue weighted by Gasteiger charge is 2.74. The lowest BCUT2D eigenvalue weighted by Crippen LogP contribution is -2.74. The molecule has 1 aliphatic heterocycles. The van der Waals surface area contributed by atoms with Crippen molar-refractivity contribution in [3.8, 4) is 0 Å². The van der Waals surface area contributed by atoms with Gasteiger partial charge >= 0.3 is 17.9 Å². The van der Waals surface area contributed by atoms with E-state index in [2.05, 4.69) is 0 Å². The number of furan rings is 1. The summed E-state index contributed by atoms with van der Waals surface area (Å²) in [5.74, 6) is -4.59. The number of ether oxygens (including phenoxy) is 3. The summed E-state index contributed by atoms with van der Waals surface area (Å²) in [6.45, 7) is 8.40. The van der Waals surface area contributed by atoms with E-state index in [1.54, 1.807) is 26.8 Å². The molecule has 3 aliphatic carbocycles. The monoisotopic (exact) mass is 544 g/mol. The fourth-order valence-corrected chi connectivity index (χ4v) is 8.54. The van der Waals surface area contributed by atoms with Gasteiger partial charge in [-0.15, -0.1) is 0 Å². The molecule has 1 aromatic heterocycles. The maximum Gasteiger partial charge on any atom is 0.336 e. The van der Waals surface area contributed by atoms with Crippen LogP contribution in [0.3, 0.4) is 0 Å². The van der Waals surface area contributed by atoms with Crippen LogP contribution in [-0.4, -0.2) is 58.8 Å². The fraction of sp³-hybridized carbons (Fsp3) is 0.655. The highest BCUT2D eigenvalue weighted by molar-refractivity contribution is 5.99. The van der Waals surface area contributed by atoms with Gasteiger partial charge in [-0.05, 0) is 36.8 Å². The molecule has 3 fully saturated rings. The van der Waals surface area contributed by atoms with E-state index < -0.39 is 81.6 Å². The summed E-state index contributed by atoms with van der Waals surface area (Å²) in [7, 11) is 1.26. The number of methoxy groups -OCH3 is 1. The Morgan fingerprint density at radius 2 is 1.87 bits per heavy atom. The Morgan fingerprint density at radius 1 is 1.18 bits per heavy atom. The standard InChI is InChI=1S/C29H36O10/c1-14(30)38-25-26(2,3)18(11-19(31)36-6)28(5)17-7-9-27(4)20(16(17)12-29(25,35)24(28)34)21(32)23(33)39-22(27)15-8-10-37-13-15/h8,10,12-13,17-18,20-22,25,32,35H,7,9,11H2,1-6H3. The lowest BCUT2D eigenvalue weighted by atomic mass is 9.39. The molecule has 9 atom stereocenters. The molecule has 10 heteroatoms. The smallest absolute Gasteiger partial charge is 0.336 e. The first kappa shape index (κ1) is 27.6. The Kier molecular flexibility index (Phi) is 6.20. The molecular formula is C29H36O10. The number of hydrogen-bond acceptors (Lipinski definition) is 10. The first-order valence-electron chi connectivity index (χ1n) is 13.3. The maximum absolute atomic E-state index is 14.3. The molecule has 2 N–H and O–H groups in total. The van der Waals surface area contributed by atoms with E-state index >= 15 is 0 Å². The predicted molar refractivity (Wildman–Crippen MR) is 133 cm³/mol. The second-order valence-electron chi connectivity index (χ2n) is 12.6. The lowest BCUT2D eigenvalue weighted by molar-refractivity contribution is -0.228. The molecular weight excluding hydrogens is 508 g/mol. The molecule has 1 saturated heterocycles. The van der Waals surface area contributed by atoms with E-state index in [9.17, 15) is 29.4 Å². The summed E-state index contributed by atoms with van der Waals surface area (Å²) in [5, 5.41) is 23.5. The van der Waals surface area contributed by atoms with Crippen LogP contribution in [0.15, 0.2) is 34.7 Å². The first-order chi connectivity index (χ1) is 18.1. The SMILES string of the molecule is COC(=O)CC1C(C)(C)C(OC(C)=O)C2(O)C=C3C4C(O)C(=O)OC(c5ccoc5)C4(C)CCC3C1(C)C2=O.